The molecule has 3 heterocycles. The van der Waals surface area contributed by atoms with Crippen LogP contribution in [0.5, 0.6) is 0 Å². The van der Waals surface area contributed by atoms with Crippen molar-refractivity contribution in [3.63, 3.8) is 0 Å². The zero-order chi connectivity index (χ0) is 20.8. The first-order chi connectivity index (χ1) is 14.5. The Morgan fingerprint density at radius 2 is 1.77 bits per heavy atom. The van der Waals surface area contributed by atoms with Crippen molar-refractivity contribution in [2.24, 2.45) is 0 Å². The van der Waals surface area contributed by atoms with E-state index in [1.807, 2.05) is 73.7 Å². The molecule has 0 saturated heterocycles. The van der Waals surface area contributed by atoms with E-state index in [0.717, 1.165) is 28.2 Å². The minimum Gasteiger partial charge on any atom is -0.445 e. The van der Waals surface area contributed by atoms with E-state index in [1.165, 1.54) is 11.8 Å². The van der Waals surface area contributed by atoms with Crippen LogP contribution in [0.4, 0.5) is 0 Å². The molecule has 0 spiro atoms. The van der Waals surface area contributed by atoms with Gasteiger partial charge < -0.3 is 4.42 Å². The number of fused-ring (bicyclic) bond motifs is 3. The Bertz CT molecular complexity index is 1440. The summed E-state index contributed by atoms with van der Waals surface area (Å²) in [6.45, 7) is 5.80. The number of aryl methyl sites for hydroxylation is 3. The SMILES string of the molecule is Cc1ccccc1-n1c(=O)c2ccccc2n2c(SCc3nc(C)c(C)o3)nnc12. The van der Waals surface area contributed by atoms with Crippen LogP contribution in [-0.2, 0) is 5.75 Å². The predicted octanol–water partition coefficient (Wildman–Crippen LogP) is 4.24. The lowest BCUT2D eigenvalue weighted by Gasteiger charge is -2.13. The second-order valence-corrected chi connectivity index (χ2v) is 8.04. The molecule has 0 saturated carbocycles. The van der Waals surface area contributed by atoms with Crippen molar-refractivity contribution in [2.45, 2.75) is 31.7 Å². The summed E-state index contributed by atoms with van der Waals surface area (Å²) >= 11 is 1.48. The monoisotopic (exact) mass is 417 g/mol. The summed E-state index contributed by atoms with van der Waals surface area (Å²) in [5, 5.41) is 10.1. The molecule has 5 aromatic rings. The molecule has 7 nitrogen and oxygen atoms in total. The summed E-state index contributed by atoms with van der Waals surface area (Å²) in [7, 11) is 0. The van der Waals surface area contributed by atoms with Crippen LogP contribution in [0, 0.1) is 20.8 Å². The minimum atomic E-state index is -0.115. The third-order valence-electron chi connectivity index (χ3n) is 5.15. The minimum absolute atomic E-state index is 0.115. The van der Waals surface area contributed by atoms with E-state index in [1.54, 1.807) is 4.57 Å². The van der Waals surface area contributed by atoms with Gasteiger partial charge in [-0.05, 0) is 44.5 Å². The van der Waals surface area contributed by atoms with Gasteiger partial charge in [-0.1, -0.05) is 42.1 Å². The average Bonchev–Trinajstić information content (AvgIpc) is 3.31. The summed E-state index contributed by atoms with van der Waals surface area (Å²) < 4.78 is 9.26. The zero-order valence-electron chi connectivity index (χ0n) is 16.8. The van der Waals surface area contributed by atoms with E-state index in [4.69, 9.17) is 4.42 Å². The first-order valence-corrected chi connectivity index (χ1v) is 10.5. The van der Waals surface area contributed by atoms with Gasteiger partial charge in [0, 0.05) is 0 Å². The van der Waals surface area contributed by atoms with Crippen LogP contribution in [0.25, 0.3) is 22.4 Å². The van der Waals surface area contributed by atoms with Gasteiger partial charge in [0.05, 0.1) is 28.0 Å². The number of hydrogen-bond donors (Lipinski definition) is 0. The maximum absolute atomic E-state index is 13.4. The number of nitrogens with zero attached hydrogens (tertiary/aromatic N) is 5. The van der Waals surface area contributed by atoms with Crippen molar-refractivity contribution < 1.29 is 4.42 Å². The molecule has 0 aliphatic rings. The van der Waals surface area contributed by atoms with Crippen LogP contribution in [0.3, 0.4) is 0 Å². The number of rotatable bonds is 4. The highest BCUT2D eigenvalue weighted by Crippen LogP contribution is 2.26. The van der Waals surface area contributed by atoms with Crippen LogP contribution in [0.15, 0.2) is 62.9 Å². The third kappa shape index (κ3) is 2.91. The molecule has 8 heteroatoms. The lowest BCUT2D eigenvalue weighted by molar-refractivity contribution is 0.489. The van der Waals surface area contributed by atoms with E-state index < -0.39 is 0 Å². The second kappa shape index (κ2) is 7.14. The molecule has 0 aliphatic heterocycles. The van der Waals surface area contributed by atoms with Gasteiger partial charge in [0.2, 0.25) is 11.7 Å². The van der Waals surface area contributed by atoms with Crippen molar-refractivity contribution in [1.29, 1.82) is 0 Å². The molecule has 3 aromatic heterocycles. The maximum Gasteiger partial charge on any atom is 0.267 e. The molecule has 0 N–H and O–H groups in total. The number of aromatic nitrogens is 5. The molecule has 0 unspecified atom stereocenters. The van der Waals surface area contributed by atoms with Crippen LogP contribution >= 0.6 is 11.8 Å². The Balaban J connectivity index is 1.73. The van der Waals surface area contributed by atoms with E-state index >= 15 is 0 Å². The molecule has 0 bridgehead atoms. The lowest BCUT2D eigenvalue weighted by Crippen LogP contribution is -2.22. The van der Waals surface area contributed by atoms with E-state index in [-0.39, 0.29) is 5.56 Å². The fourth-order valence-electron chi connectivity index (χ4n) is 3.53. The van der Waals surface area contributed by atoms with Crippen LogP contribution in [0.2, 0.25) is 0 Å². The smallest absolute Gasteiger partial charge is 0.267 e. The molecule has 2 aromatic carbocycles. The van der Waals surface area contributed by atoms with Gasteiger partial charge in [-0.3, -0.25) is 9.20 Å². The summed E-state index contributed by atoms with van der Waals surface area (Å²) in [5.41, 5.74) is 3.32. The molecule has 150 valence electrons. The Labute approximate surface area is 176 Å². The molecule has 30 heavy (non-hydrogen) atoms. The molecule has 0 radical (unpaired) electrons. The standard InChI is InChI=1S/C22H19N5O2S/c1-13-8-4-6-10-17(13)26-20(28)16-9-5-7-11-18(16)27-21(26)24-25-22(27)30-12-19-23-14(2)15(3)29-19/h4-11H,12H2,1-3H3. The number of para-hydroxylation sites is 2. The highest BCUT2D eigenvalue weighted by atomic mass is 32.2. The van der Waals surface area contributed by atoms with Crippen LogP contribution in [0.1, 0.15) is 22.9 Å². The molecular formula is C22H19N5O2S. The number of thioether (sulfide) groups is 1. The summed E-state index contributed by atoms with van der Waals surface area (Å²) in [5.74, 6) is 2.46. The fraction of sp³-hybridized carbons (Fsp3) is 0.182. The number of oxazole rings is 1. The molecule has 0 fully saturated rings. The van der Waals surface area contributed by atoms with Crippen LogP contribution < -0.4 is 5.56 Å². The zero-order valence-corrected chi connectivity index (χ0v) is 17.6. The molecule has 0 atom stereocenters. The lowest BCUT2D eigenvalue weighted by atomic mass is 10.2. The Hall–Kier alpha value is -3.39. The van der Waals surface area contributed by atoms with Gasteiger partial charge in [0.1, 0.15) is 5.76 Å². The first-order valence-electron chi connectivity index (χ1n) is 9.55. The highest BCUT2D eigenvalue weighted by Gasteiger charge is 2.19. The summed E-state index contributed by atoms with van der Waals surface area (Å²) in [6.07, 6.45) is 0. The first kappa shape index (κ1) is 18.6. The summed E-state index contributed by atoms with van der Waals surface area (Å²) in [4.78, 5) is 17.8. The van der Waals surface area contributed by atoms with Gasteiger partial charge in [-0.2, -0.15) is 0 Å². The van der Waals surface area contributed by atoms with E-state index in [9.17, 15) is 4.79 Å². The fourth-order valence-corrected chi connectivity index (χ4v) is 4.31. The van der Waals surface area contributed by atoms with Crippen molar-refractivity contribution in [3.8, 4) is 5.69 Å². The van der Waals surface area contributed by atoms with Gasteiger partial charge in [-0.25, -0.2) is 9.55 Å². The van der Waals surface area contributed by atoms with Crippen molar-refractivity contribution in [1.82, 2.24) is 24.1 Å². The number of hydrogen-bond acceptors (Lipinski definition) is 6. The highest BCUT2D eigenvalue weighted by molar-refractivity contribution is 7.98. The van der Waals surface area contributed by atoms with E-state index in [2.05, 4.69) is 15.2 Å². The maximum atomic E-state index is 13.4. The average molecular weight is 417 g/mol. The Morgan fingerprint density at radius 3 is 2.53 bits per heavy atom. The molecular weight excluding hydrogens is 398 g/mol. The second-order valence-electron chi connectivity index (χ2n) is 7.10. The Kier molecular flexibility index (Phi) is 4.43. The topological polar surface area (TPSA) is 78.2 Å². The molecule has 0 amide bonds. The molecule has 0 aliphatic carbocycles. The Morgan fingerprint density at radius 1 is 1.00 bits per heavy atom. The van der Waals surface area contributed by atoms with Gasteiger partial charge in [-0.15, -0.1) is 10.2 Å². The van der Waals surface area contributed by atoms with Gasteiger partial charge in [0.15, 0.2) is 5.16 Å². The quantitative estimate of drug-likeness (QED) is 0.407. The largest absolute Gasteiger partial charge is 0.445 e. The van der Waals surface area contributed by atoms with Gasteiger partial charge >= 0.3 is 0 Å². The predicted molar refractivity (Wildman–Crippen MR) is 116 cm³/mol. The normalized spacial score (nSPS) is 11.6. The summed E-state index contributed by atoms with van der Waals surface area (Å²) in [6, 6.07) is 15.3. The van der Waals surface area contributed by atoms with Crippen molar-refractivity contribution >= 4 is 28.4 Å². The van der Waals surface area contributed by atoms with Crippen molar-refractivity contribution in [2.75, 3.05) is 0 Å². The number of benzene rings is 2. The van der Waals surface area contributed by atoms with Crippen LogP contribution in [-0.4, -0.2) is 24.1 Å². The van der Waals surface area contributed by atoms with Gasteiger partial charge in [0.25, 0.3) is 5.56 Å². The van der Waals surface area contributed by atoms with Crippen molar-refractivity contribution in [3.05, 3.63) is 81.8 Å². The third-order valence-corrected chi connectivity index (χ3v) is 6.06. The molecule has 5 rings (SSSR count). The van der Waals surface area contributed by atoms with E-state index in [0.29, 0.717) is 28.0 Å².